The molecule has 0 unspecified atom stereocenters. The van der Waals surface area contributed by atoms with Gasteiger partial charge >= 0.3 is 0 Å². The molecule has 0 aromatic heterocycles. The van der Waals surface area contributed by atoms with Crippen LogP contribution in [0, 0.1) is 0 Å². The summed E-state index contributed by atoms with van der Waals surface area (Å²) in [5.41, 5.74) is 0.978. The van der Waals surface area contributed by atoms with Crippen LogP contribution in [0.5, 0.6) is 5.75 Å². The number of halogens is 1. The first-order valence-electron chi connectivity index (χ1n) is 8.22. The highest BCUT2D eigenvalue weighted by atomic mass is 35.5. The Hall–Kier alpha value is -3.03. The van der Waals surface area contributed by atoms with Gasteiger partial charge in [0.05, 0.1) is 22.6 Å². The Morgan fingerprint density at radius 2 is 1.61 bits per heavy atom. The summed E-state index contributed by atoms with van der Waals surface area (Å²) in [6.07, 6.45) is 0. The highest BCUT2D eigenvalue weighted by molar-refractivity contribution is 7.92. The minimum absolute atomic E-state index is 0.0681. The minimum atomic E-state index is -3.83. The molecule has 0 fully saturated rings. The molecule has 0 aliphatic carbocycles. The highest BCUT2D eigenvalue weighted by Gasteiger charge is 2.17. The Morgan fingerprint density at radius 1 is 0.929 bits per heavy atom. The van der Waals surface area contributed by atoms with E-state index in [4.69, 9.17) is 16.3 Å². The number of methoxy groups -OCH3 is 1. The molecule has 0 aliphatic rings. The smallest absolute Gasteiger partial charge is 0.261 e. The zero-order valence-corrected chi connectivity index (χ0v) is 16.4. The summed E-state index contributed by atoms with van der Waals surface area (Å²) < 4.78 is 32.6. The van der Waals surface area contributed by atoms with Crippen molar-refractivity contribution in [1.29, 1.82) is 0 Å². The highest BCUT2D eigenvalue weighted by Crippen LogP contribution is 2.24. The second kappa shape index (κ2) is 8.33. The Morgan fingerprint density at radius 3 is 2.25 bits per heavy atom. The van der Waals surface area contributed by atoms with Gasteiger partial charge in [0.15, 0.2) is 0 Å². The predicted molar refractivity (Wildman–Crippen MR) is 110 cm³/mol. The molecule has 3 rings (SSSR count). The lowest BCUT2D eigenvalue weighted by molar-refractivity contribution is 0.102. The van der Waals surface area contributed by atoms with Crippen LogP contribution in [0.3, 0.4) is 0 Å². The van der Waals surface area contributed by atoms with Crippen molar-refractivity contribution in [2.45, 2.75) is 4.90 Å². The second-order valence-electron chi connectivity index (χ2n) is 5.80. The Kier molecular flexibility index (Phi) is 5.87. The molecule has 144 valence electrons. The molecule has 0 atom stereocenters. The topological polar surface area (TPSA) is 84.5 Å². The summed E-state index contributed by atoms with van der Waals surface area (Å²) in [6, 6.07) is 19.2. The average Bonchev–Trinajstić information content (AvgIpc) is 2.70. The van der Waals surface area contributed by atoms with Crippen LogP contribution in [-0.2, 0) is 10.0 Å². The van der Waals surface area contributed by atoms with Crippen LogP contribution < -0.4 is 14.8 Å². The first-order valence-corrected chi connectivity index (χ1v) is 10.1. The van der Waals surface area contributed by atoms with Gasteiger partial charge in [-0.05, 0) is 54.6 Å². The number of nitrogens with one attached hydrogen (secondary N) is 2. The molecule has 0 heterocycles. The molecule has 0 bridgehead atoms. The molecule has 6 nitrogen and oxygen atoms in total. The van der Waals surface area contributed by atoms with E-state index in [1.54, 1.807) is 36.4 Å². The largest absolute Gasteiger partial charge is 0.497 e. The Labute approximate surface area is 168 Å². The lowest BCUT2D eigenvalue weighted by Gasteiger charge is -2.11. The van der Waals surface area contributed by atoms with Gasteiger partial charge in [-0.3, -0.25) is 9.52 Å². The molecule has 3 aromatic carbocycles. The standard InChI is InChI=1S/C20H17ClN2O4S/c1-27-16-8-10-17(11-9-16)28(25,26)23-15-7-12-19(21)18(13-15)20(24)22-14-5-3-2-4-6-14/h2-13,23H,1H3,(H,22,24). The third-order valence-electron chi connectivity index (χ3n) is 3.86. The maximum atomic E-state index is 12.6. The van der Waals surface area contributed by atoms with E-state index in [0.717, 1.165) is 0 Å². The predicted octanol–water partition coefficient (Wildman–Crippen LogP) is 4.40. The Balaban J connectivity index is 1.83. The molecule has 3 aromatic rings. The fraction of sp³-hybridized carbons (Fsp3) is 0.0500. The summed E-state index contributed by atoms with van der Waals surface area (Å²) in [5, 5.41) is 2.93. The van der Waals surface area contributed by atoms with E-state index in [-0.39, 0.29) is 21.2 Å². The van der Waals surface area contributed by atoms with Crippen molar-refractivity contribution < 1.29 is 17.9 Å². The molecule has 28 heavy (non-hydrogen) atoms. The van der Waals surface area contributed by atoms with Crippen LogP contribution in [0.4, 0.5) is 11.4 Å². The van der Waals surface area contributed by atoms with Crippen LogP contribution >= 0.6 is 11.6 Å². The number of carbonyl (C=O) groups excluding carboxylic acids is 1. The molecular weight excluding hydrogens is 400 g/mol. The fourth-order valence-corrected chi connectivity index (χ4v) is 3.70. The molecular formula is C20H17ClN2O4S. The molecule has 8 heteroatoms. The normalized spacial score (nSPS) is 10.9. The first-order chi connectivity index (χ1) is 13.4. The molecule has 0 saturated carbocycles. The van der Waals surface area contributed by atoms with Crippen molar-refractivity contribution in [2.75, 3.05) is 17.1 Å². The van der Waals surface area contributed by atoms with Gasteiger partial charge in [-0.25, -0.2) is 8.42 Å². The zero-order valence-electron chi connectivity index (χ0n) is 14.8. The number of hydrogen-bond donors (Lipinski definition) is 2. The summed E-state index contributed by atoms with van der Waals surface area (Å²) in [7, 11) is -2.34. The Bertz CT molecular complexity index is 1080. The van der Waals surface area contributed by atoms with E-state index >= 15 is 0 Å². The lowest BCUT2D eigenvalue weighted by Crippen LogP contribution is -2.15. The number of carbonyl (C=O) groups is 1. The van der Waals surface area contributed by atoms with Crippen molar-refractivity contribution in [3.8, 4) is 5.75 Å². The van der Waals surface area contributed by atoms with Crippen molar-refractivity contribution in [1.82, 2.24) is 0 Å². The van der Waals surface area contributed by atoms with E-state index in [9.17, 15) is 13.2 Å². The van der Waals surface area contributed by atoms with Crippen molar-refractivity contribution in [2.24, 2.45) is 0 Å². The van der Waals surface area contributed by atoms with Crippen molar-refractivity contribution in [3.05, 3.63) is 83.4 Å². The monoisotopic (exact) mass is 416 g/mol. The van der Waals surface area contributed by atoms with Gasteiger partial charge in [0.25, 0.3) is 15.9 Å². The van der Waals surface area contributed by atoms with Crippen molar-refractivity contribution >= 4 is 38.9 Å². The number of ether oxygens (including phenoxy) is 1. The van der Waals surface area contributed by atoms with Crippen LogP contribution in [0.25, 0.3) is 0 Å². The SMILES string of the molecule is COc1ccc(S(=O)(=O)Nc2ccc(Cl)c(C(=O)Nc3ccccc3)c2)cc1. The van der Waals surface area contributed by atoms with E-state index < -0.39 is 15.9 Å². The second-order valence-corrected chi connectivity index (χ2v) is 7.89. The van der Waals surface area contributed by atoms with Gasteiger partial charge in [-0.2, -0.15) is 0 Å². The van der Waals surface area contributed by atoms with Crippen molar-refractivity contribution in [3.63, 3.8) is 0 Å². The van der Waals surface area contributed by atoms with Gasteiger partial charge in [-0.15, -0.1) is 0 Å². The summed E-state index contributed by atoms with van der Waals surface area (Å²) in [4.78, 5) is 12.6. The molecule has 1 amide bonds. The fourth-order valence-electron chi connectivity index (χ4n) is 2.45. The van der Waals surface area contributed by atoms with Crippen LogP contribution in [0.15, 0.2) is 77.7 Å². The maximum absolute atomic E-state index is 12.6. The number of amides is 1. The van der Waals surface area contributed by atoms with Gasteiger partial charge < -0.3 is 10.1 Å². The average molecular weight is 417 g/mol. The maximum Gasteiger partial charge on any atom is 0.261 e. The molecule has 0 aliphatic heterocycles. The zero-order chi connectivity index (χ0) is 20.1. The molecule has 0 saturated heterocycles. The molecule has 2 N–H and O–H groups in total. The third-order valence-corrected chi connectivity index (χ3v) is 5.59. The number of anilines is 2. The first kappa shape index (κ1) is 19.7. The van der Waals surface area contributed by atoms with E-state index in [0.29, 0.717) is 11.4 Å². The lowest BCUT2D eigenvalue weighted by atomic mass is 10.2. The number of sulfonamides is 1. The third kappa shape index (κ3) is 4.62. The van der Waals surface area contributed by atoms with Gasteiger partial charge in [0.1, 0.15) is 5.75 Å². The van der Waals surface area contributed by atoms with E-state index in [2.05, 4.69) is 10.0 Å². The molecule has 0 radical (unpaired) electrons. The number of benzene rings is 3. The van der Waals surface area contributed by atoms with Crippen LogP contribution in [-0.4, -0.2) is 21.4 Å². The number of para-hydroxylation sites is 1. The van der Waals surface area contributed by atoms with E-state index in [1.165, 1.54) is 37.4 Å². The summed E-state index contributed by atoms with van der Waals surface area (Å²) >= 11 is 6.13. The van der Waals surface area contributed by atoms with Gasteiger partial charge in [0, 0.05) is 11.4 Å². The quantitative estimate of drug-likeness (QED) is 0.623. The summed E-state index contributed by atoms with van der Waals surface area (Å²) in [6.45, 7) is 0. The van der Waals surface area contributed by atoms with Gasteiger partial charge in [-0.1, -0.05) is 29.8 Å². The summed E-state index contributed by atoms with van der Waals surface area (Å²) in [5.74, 6) is 0.104. The molecule has 0 spiro atoms. The van der Waals surface area contributed by atoms with Gasteiger partial charge in [0.2, 0.25) is 0 Å². The van der Waals surface area contributed by atoms with Crippen LogP contribution in [0.1, 0.15) is 10.4 Å². The minimum Gasteiger partial charge on any atom is -0.497 e. The number of hydrogen-bond acceptors (Lipinski definition) is 4. The number of rotatable bonds is 6. The van der Waals surface area contributed by atoms with E-state index in [1.807, 2.05) is 6.07 Å². The van der Waals surface area contributed by atoms with Crippen LogP contribution in [0.2, 0.25) is 5.02 Å².